The van der Waals surface area contributed by atoms with Gasteiger partial charge in [-0.15, -0.1) is 0 Å². The molecule has 1 fully saturated rings. The monoisotopic (exact) mass is 456 g/mol. The minimum atomic E-state index is -4.08. The Morgan fingerprint density at radius 1 is 1.23 bits per heavy atom. The average molecular weight is 457 g/mol. The van der Waals surface area contributed by atoms with E-state index < -0.39 is 31.6 Å². The lowest BCUT2D eigenvalue weighted by molar-refractivity contribution is 0.141. The number of hydrogen-bond donors (Lipinski definition) is 1. The number of urea groups is 1. The zero-order chi connectivity index (χ0) is 23.0. The highest BCUT2D eigenvalue weighted by Gasteiger charge is 2.46. The number of likely N-dealkylation sites (tertiary alicyclic amines) is 1. The molecule has 0 radical (unpaired) electrons. The molecule has 1 aliphatic heterocycles. The van der Waals surface area contributed by atoms with Crippen LogP contribution in [0, 0.1) is 12.8 Å². The second-order valence-corrected chi connectivity index (χ2v) is 10.7. The maximum atomic E-state index is 13.3. The van der Waals surface area contributed by atoms with Crippen molar-refractivity contribution in [2.75, 3.05) is 18.4 Å². The molecular formula is C19H26F2N6O3S. The molecule has 0 aliphatic carbocycles. The fourth-order valence-electron chi connectivity index (χ4n) is 3.78. The Kier molecular flexibility index (Phi) is 6.30. The van der Waals surface area contributed by atoms with Crippen LogP contribution in [-0.4, -0.2) is 56.9 Å². The summed E-state index contributed by atoms with van der Waals surface area (Å²) >= 11 is 0. The normalized spacial score (nSPS) is 16.0. The zero-order valence-corrected chi connectivity index (χ0v) is 18.7. The minimum absolute atomic E-state index is 0.310. The third-order valence-corrected chi connectivity index (χ3v) is 8.42. The van der Waals surface area contributed by atoms with Crippen LogP contribution in [-0.2, 0) is 16.9 Å². The van der Waals surface area contributed by atoms with Gasteiger partial charge in [0.05, 0.1) is 22.8 Å². The molecule has 12 heteroatoms. The van der Waals surface area contributed by atoms with Gasteiger partial charge in [-0.3, -0.25) is 4.68 Å². The molecule has 31 heavy (non-hydrogen) atoms. The highest BCUT2D eigenvalue weighted by atomic mass is 32.2. The lowest BCUT2D eigenvalue weighted by atomic mass is 9.86. The first kappa shape index (κ1) is 23.0. The number of rotatable bonds is 5. The Morgan fingerprint density at radius 3 is 2.35 bits per heavy atom. The second-order valence-electron chi connectivity index (χ2n) is 8.17. The highest BCUT2D eigenvalue weighted by Crippen LogP contribution is 2.40. The number of carbonyl (C=O) groups excluding carboxylic acids is 1. The number of carbonyl (C=O) groups is 1. The summed E-state index contributed by atoms with van der Waals surface area (Å²) in [5.74, 6) is 0.279. The van der Waals surface area contributed by atoms with Crippen molar-refractivity contribution in [3.05, 3.63) is 30.1 Å². The van der Waals surface area contributed by atoms with Gasteiger partial charge in [-0.1, -0.05) is 0 Å². The van der Waals surface area contributed by atoms with E-state index in [1.54, 1.807) is 25.7 Å². The fraction of sp³-hybridized carbons (Fsp3) is 0.579. The number of nitrogens with zero attached hydrogens (tertiary/aromatic N) is 5. The van der Waals surface area contributed by atoms with Crippen LogP contribution in [0.5, 0.6) is 0 Å². The molecule has 0 unspecified atom stereocenters. The molecular weight excluding hydrogens is 430 g/mol. The molecule has 170 valence electrons. The summed E-state index contributed by atoms with van der Waals surface area (Å²) in [4.78, 5) is 21.7. The largest absolute Gasteiger partial charge is 0.325 e. The first-order valence-electron chi connectivity index (χ1n) is 9.84. The van der Waals surface area contributed by atoms with Gasteiger partial charge in [-0.2, -0.15) is 5.10 Å². The summed E-state index contributed by atoms with van der Waals surface area (Å²) in [6.45, 7) is 5.53. The molecule has 2 amide bonds. The van der Waals surface area contributed by atoms with Crippen molar-refractivity contribution in [2.24, 2.45) is 13.0 Å². The molecule has 2 aromatic heterocycles. The lowest BCUT2D eigenvalue weighted by Crippen LogP contribution is -2.48. The van der Waals surface area contributed by atoms with E-state index in [2.05, 4.69) is 20.4 Å². The molecule has 0 atom stereocenters. The van der Waals surface area contributed by atoms with Gasteiger partial charge in [-0.25, -0.2) is 32.0 Å². The molecule has 0 spiro atoms. The molecule has 3 rings (SSSR count). The van der Waals surface area contributed by atoms with Crippen molar-refractivity contribution in [3.8, 4) is 0 Å². The van der Waals surface area contributed by atoms with Gasteiger partial charge < -0.3 is 10.2 Å². The van der Waals surface area contributed by atoms with Crippen LogP contribution in [0.4, 0.5) is 19.3 Å². The first-order valence-corrected chi connectivity index (χ1v) is 11.3. The minimum Gasteiger partial charge on any atom is -0.325 e. The SMILES string of the molecule is Cc1ncc(NC(=O)N2CCC(C(C)(C)S(=O)(=O)c3cn(C)nc3C(F)F)CC2)cn1. The van der Waals surface area contributed by atoms with Gasteiger partial charge >= 0.3 is 6.03 Å². The standard InChI is InChI=1S/C19H26F2N6O3S/c1-12-22-9-14(10-23-12)24-18(28)27-7-5-13(6-8-27)19(2,3)31(29,30)15-11-26(4)25-16(15)17(20)21/h9-11,13,17H,5-8H2,1-4H3,(H,24,28). The predicted octanol–water partition coefficient (Wildman–Crippen LogP) is 2.95. The van der Waals surface area contributed by atoms with Crippen molar-refractivity contribution < 1.29 is 22.0 Å². The Balaban J connectivity index is 1.70. The summed E-state index contributed by atoms with van der Waals surface area (Å²) in [7, 11) is -2.67. The first-order chi connectivity index (χ1) is 14.4. The Morgan fingerprint density at radius 2 is 1.81 bits per heavy atom. The van der Waals surface area contributed by atoms with Gasteiger partial charge in [-0.05, 0) is 39.5 Å². The Labute approximate surface area is 179 Å². The lowest BCUT2D eigenvalue weighted by Gasteiger charge is -2.40. The summed E-state index contributed by atoms with van der Waals surface area (Å²) < 4.78 is 53.0. The van der Waals surface area contributed by atoms with Gasteiger partial charge in [0, 0.05) is 26.3 Å². The Bertz CT molecular complexity index is 1050. The number of aryl methyl sites for hydroxylation is 2. The van der Waals surface area contributed by atoms with Crippen LogP contribution in [0.25, 0.3) is 0 Å². The van der Waals surface area contributed by atoms with Gasteiger partial charge in [0.2, 0.25) is 0 Å². The molecule has 0 saturated carbocycles. The van der Waals surface area contributed by atoms with Crippen molar-refractivity contribution in [2.45, 2.75) is 49.7 Å². The molecule has 1 saturated heterocycles. The van der Waals surface area contributed by atoms with E-state index in [4.69, 9.17) is 0 Å². The number of halogens is 2. The molecule has 1 N–H and O–H groups in total. The Hall–Kier alpha value is -2.63. The fourth-order valence-corrected chi connectivity index (χ4v) is 5.72. The summed E-state index contributed by atoms with van der Waals surface area (Å²) in [5, 5.41) is 6.35. The van der Waals surface area contributed by atoms with Crippen LogP contribution < -0.4 is 5.32 Å². The molecule has 2 aromatic rings. The van der Waals surface area contributed by atoms with Crippen LogP contribution in [0.2, 0.25) is 0 Å². The van der Waals surface area contributed by atoms with E-state index in [1.165, 1.54) is 19.4 Å². The predicted molar refractivity (Wildman–Crippen MR) is 110 cm³/mol. The highest BCUT2D eigenvalue weighted by molar-refractivity contribution is 7.92. The topological polar surface area (TPSA) is 110 Å². The third kappa shape index (κ3) is 4.53. The number of sulfone groups is 1. The number of anilines is 1. The zero-order valence-electron chi connectivity index (χ0n) is 17.8. The van der Waals surface area contributed by atoms with E-state index in [1.807, 2.05) is 0 Å². The molecule has 9 nitrogen and oxygen atoms in total. The van der Waals surface area contributed by atoms with Crippen molar-refractivity contribution in [1.82, 2.24) is 24.6 Å². The van der Waals surface area contributed by atoms with Crippen LogP contribution in [0.1, 0.15) is 44.6 Å². The quantitative estimate of drug-likeness (QED) is 0.741. The number of aromatic nitrogens is 4. The maximum Gasteiger partial charge on any atom is 0.321 e. The number of alkyl halides is 2. The number of piperidine rings is 1. The second kappa shape index (κ2) is 8.48. The maximum absolute atomic E-state index is 13.3. The van der Waals surface area contributed by atoms with Gasteiger partial charge in [0.25, 0.3) is 6.43 Å². The van der Waals surface area contributed by atoms with Crippen LogP contribution in [0.15, 0.2) is 23.5 Å². The molecule has 3 heterocycles. The number of amides is 2. The van der Waals surface area contributed by atoms with E-state index >= 15 is 0 Å². The molecule has 1 aliphatic rings. The van der Waals surface area contributed by atoms with E-state index in [0.717, 1.165) is 10.9 Å². The molecule has 0 aromatic carbocycles. The summed E-state index contributed by atoms with van der Waals surface area (Å²) in [6.07, 6.45) is 2.01. The molecule has 0 bridgehead atoms. The van der Waals surface area contributed by atoms with Gasteiger partial charge in [0.1, 0.15) is 16.4 Å². The van der Waals surface area contributed by atoms with Gasteiger partial charge in [0.15, 0.2) is 9.84 Å². The van der Waals surface area contributed by atoms with E-state index in [-0.39, 0.29) is 11.9 Å². The number of nitrogens with one attached hydrogen (secondary N) is 1. The van der Waals surface area contributed by atoms with Crippen molar-refractivity contribution in [3.63, 3.8) is 0 Å². The van der Waals surface area contributed by atoms with Crippen LogP contribution in [0.3, 0.4) is 0 Å². The summed E-state index contributed by atoms with van der Waals surface area (Å²) in [6, 6.07) is -0.321. The van der Waals surface area contributed by atoms with E-state index in [9.17, 15) is 22.0 Å². The summed E-state index contributed by atoms with van der Waals surface area (Å²) in [5.41, 5.74) is -0.260. The van der Waals surface area contributed by atoms with Crippen LogP contribution >= 0.6 is 0 Å². The van der Waals surface area contributed by atoms with E-state index in [0.29, 0.717) is 37.4 Å². The number of hydrogen-bond acceptors (Lipinski definition) is 6. The third-order valence-electron chi connectivity index (χ3n) is 5.81. The smallest absolute Gasteiger partial charge is 0.321 e. The average Bonchev–Trinajstić information content (AvgIpc) is 3.12. The van der Waals surface area contributed by atoms with Crippen molar-refractivity contribution in [1.29, 1.82) is 0 Å². The van der Waals surface area contributed by atoms with Crippen molar-refractivity contribution >= 4 is 21.6 Å².